The molecule has 0 saturated carbocycles. The molecule has 90 valence electrons. The average molecular weight is 299 g/mol. The normalized spacial score (nSPS) is 10.8. The first-order chi connectivity index (χ1) is 8.17. The maximum Gasteiger partial charge on any atom is 0.164 e. The highest BCUT2D eigenvalue weighted by atomic mass is 79.9. The van der Waals surface area contributed by atoms with Crippen molar-refractivity contribution in [2.24, 2.45) is 5.73 Å². The van der Waals surface area contributed by atoms with E-state index >= 15 is 0 Å². The number of hydrogen-bond acceptors (Lipinski definition) is 3. The Balaban J connectivity index is 2.52. The summed E-state index contributed by atoms with van der Waals surface area (Å²) < 4.78 is 15.5. The Hall–Kier alpha value is -1.27. The lowest BCUT2D eigenvalue weighted by atomic mass is 10.2. The van der Waals surface area contributed by atoms with Gasteiger partial charge < -0.3 is 10.3 Å². The molecular formula is C11H12BrFN4. The Morgan fingerprint density at radius 1 is 1.41 bits per heavy atom. The van der Waals surface area contributed by atoms with Crippen LogP contribution in [0.15, 0.2) is 22.7 Å². The van der Waals surface area contributed by atoms with E-state index in [4.69, 9.17) is 5.73 Å². The molecule has 2 rings (SSSR count). The molecule has 17 heavy (non-hydrogen) atoms. The lowest BCUT2D eigenvalue weighted by Gasteiger charge is -2.06. The van der Waals surface area contributed by atoms with Crippen LogP contribution in [-0.4, -0.2) is 14.8 Å². The number of rotatable bonds is 3. The van der Waals surface area contributed by atoms with E-state index in [1.54, 1.807) is 12.1 Å². The van der Waals surface area contributed by atoms with Gasteiger partial charge in [-0.3, -0.25) is 0 Å². The van der Waals surface area contributed by atoms with Gasteiger partial charge in [-0.25, -0.2) is 4.39 Å². The first-order valence-electron chi connectivity index (χ1n) is 5.25. The van der Waals surface area contributed by atoms with Gasteiger partial charge in [0.1, 0.15) is 11.6 Å². The van der Waals surface area contributed by atoms with Gasteiger partial charge >= 0.3 is 0 Å². The summed E-state index contributed by atoms with van der Waals surface area (Å²) in [4.78, 5) is 0. The summed E-state index contributed by atoms with van der Waals surface area (Å²) in [6.45, 7) is 3.05. The van der Waals surface area contributed by atoms with Crippen LogP contribution in [0, 0.1) is 5.82 Å². The van der Waals surface area contributed by atoms with E-state index < -0.39 is 0 Å². The van der Waals surface area contributed by atoms with Crippen molar-refractivity contribution < 1.29 is 4.39 Å². The zero-order valence-electron chi connectivity index (χ0n) is 9.32. The van der Waals surface area contributed by atoms with Gasteiger partial charge in [0.25, 0.3) is 0 Å². The molecule has 0 aliphatic carbocycles. The van der Waals surface area contributed by atoms with Crippen LogP contribution in [0.4, 0.5) is 4.39 Å². The molecule has 0 amide bonds. The second-order valence-electron chi connectivity index (χ2n) is 3.52. The van der Waals surface area contributed by atoms with Gasteiger partial charge in [-0.05, 0) is 41.1 Å². The molecule has 2 aromatic rings. The van der Waals surface area contributed by atoms with Crippen LogP contribution >= 0.6 is 15.9 Å². The zero-order valence-corrected chi connectivity index (χ0v) is 10.9. The highest BCUT2D eigenvalue weighted by molar-refractivity contribution is 9.10. The molecule has 0 saturated heterocycles. The summed E-state index contributed by atoms with van der Waals surface area (Å²) in [7, 11) is 0. The molecule has 0 atom stereocenters. The molecule has 0 aliphatic rings. The standard InChI is InChI=1S/C11H12BrFN4/c1-2-17-10(6-14)15-16-11(17)7-3-4-9(13)8(12)5-7/h3-5H,2,6,14H2,1H3. The van der Waals surface area contributed by atoms with Crippen molar-refractivity contribution in [1.82, 2.24) is 14.8 Å². The second-order valence-corrected chi connectivity index (χ2v) is 4.37. The molecule has 0 bridgehead atoms. The van der Waals surface area contributed by atoms with Crippen LogP contribution in [0.25, 0.3) is 11.4 Å². The first-order valence-corrected chi connectivity index (χ1v) is 6.04. The summed E-state index contributed by atoms with van der Waals surface area (Å²) >= 11 is 3.16. The molecule has 2 N–H and O–H groups in total. The van der Waals surface area contributed by atoms with Crippen LogP contribution in [-0.2, 0) is 13.1 Å². The topological polar surface area (TPSA) is 56.7 Å². The molecule has 0 spiro atoms. The lowest BCUT2D eigenvalue weighted by molar-refractivity contribution is 0.621. The number of aromatic nitrogens is 3. The predicted octanol–water partition coefficient (Wildman–Crippen LogP) is 2.33. The van der Waals surface area contributed by atoms with E-state index in [-0.39, 0.29) is 5.82 Å². The summed E-state index contributed by atoms with van der Waals surface area (Å²) in [5, 5.41) is 8.10. The Bertz CT molecular complexity index is 538. The number of nitrogens with two attached hydrogens (primary N) is 1. The summed E-state index contributed by atoms with van der Waals surface area (Å²) in [5.74, 6) is 1.13. The van der Waals surface area contributed by atoms with E-state index in [0.29, 0.717) is 16.8 Å². The molecule has 1 aromatic heterocycles. The molecule has 0 aliphatic heterocycles. The lowest BCUT2D eigenvalue weighted by Crippen LogP contribution is -2.08. The predicted molar refractivity (Wildman–Crippen MR) is 66.7 cm³/mol. The van der Waals surface area contributed by atoms with Crippen molar-refractivity contribution in [3.63, 3.8) is 0 Å². The molecule has 4 nitrogen and oxygen atoms in total. The summed E-state index contributed by atoms with van der Waals surface area (Å²) in [6.07, 6.45) is 0. The van der Waals surface area contributed by atoms with Crippen LogP contribution in [0.1, 0.15) is 12.7 Å². The van der Waals surface area contributed by atoms with Crippen LogP contribution in [0.5, 0.6) is 0 Å². The quantitative estimate of drug-likeness (QED) is 0.946. The largest absolute Gasteiger partial charge is 0.324 e. The van der Waals surface area contributed by atoms with Crippen molar-refractivity contribution >= 4 is 15.9 Å². The molecule has 6 heteroatoms. The van der Waals surface area contributed by atoms with Crippen LogP contribution in [0.2, 0.25) is 0 Å². The average Bonchev–Trinajstić information content (AvgIpc) is 2.75. The Morgan fingerprint density at radius 2 is 2.18 bits per heavy atom. The maximum atomic E-state index is 13.2. The summed E-state index contributed by atoms with van der Waals surface area (Å²) in [6, 6.07) is 4.76. The summed E-state index contributed by atoms with van der Waals surface area (Å²) in [5.41, 5.74) is 6.39. The van der Waals surface area contributed by atoms with Crippen molar-refractivity contribution in [3.8, 4) is 11.4 Å². The van der Waals surface area contributed by atoms with Crippen molar-refractivity contribution in [3.05, 3.63) is 34.3 Å². The Morgan fingerprint density at radius 3 is 2.76 bits per heavy atom. The van der Waals surface area contributed by atoms with Gasteiger partial charge in [-0.15, -0.1) is 10.2 Å². The van der Waals surface area contributed by atoms with Crippen molar-refractivity contribution in [2.45, 2.75) is 20.0 Å². The van der Waals surface area contributed by atoms with Gasteiger partial charge in [0.2, 0.25) is 0 Å². The Labute approximate surface area is 107 Å². The van der Waals surface area contributed by atoms with E-state index in [9.17, 15) is 4.39 Å². The minimum Gasteiger partial charge on any atom is -0.324 e. The SMILES string of the molecule is CCn1c(CN)nnc1-c1ccc(F)c(Br)c1. The third-order valence-corrected chi connectivity index (χ3v) is 3.11. The molecule has 1 heterocycles. The molecule has 1 aromatic carbocycles. The molecule has 0 fully saturated rings. The van der Waals surface area contributed by atoms with E-state index in [1.807, 2.05) is 11.5 Å². The minimum absolute atomic E-state index is 0.296. The highest BCUT2D eigenvalue weighted by Gasteiger charge is 2.12. The van der Waals surface area contributed by atoms with Gasteiger partial charge in [0.15, 0.2) is 5.82 Å². The number of nitrogens with zero attached hydrogens (tertiary/aromatic N) is 3. The number of halogens is 2. The fourth-order valence-electron chi connectivity index (χ4n) is 1.67. The van der Waals surface area contributed by atoms with Gasteiger partial charge in [0.05, 0.1) is 11.0 Å². The van der Waals surface area contributed by atoms with Gasteiger partial charge in [-0.1, -0.05) is 0 Å². The van der Waals surface area contributed by atoms with Crippen LogP contribution in [0.3, 0.4) is 0 Å². The van der Waals surface area contributed by atoms with Crippen LogP contribution < -0.4 is 5.73 Å². The third-order valence-electron chi connectivity index (χ3n) is 2.50. The van der Waals surface area contributed by atoms with Crippen molar-refractivity contribution in [2.75, 3.05) is 0 Å². The monoisotopic (exact) mass is 298 g/mol. The molecule has 0 unspecified atom stereocenters. The van der Waals surface area contributed by atoms with Gasteiger partial charge in [0, 0.05) is 12.1 Å². The van der Waals surface area contributed by atoms with E-state index in [2.05, 4.69) is 26.1 Å². The van der Waals surface area contributed by atoms with Crippen molar-refractivity contribution in [1.29, 1.82) is 0 Å². The number of benzene rings is 1. The van der Waals surface area contributed by atoms with E-state index in [0.717, 1.165) is 17.9 Å². The third kappa shape index (κ3) is 2.23. The highest BCUT2D eigenvalue weighted by Crippen LogP contribution is 2.24. The molecular weight excluding hydrogens is 287 g/mol. The first kappa shape index (κ1) is 12.2. The second kappa shape index (κ2) is 4.93. The maximum absolute atomic E-state index is 13.2. The smallest absolute Gasteiger partial charge is 0.164 e. The zero-order chi connectivity index (χ0) is 12.4. The van der Waals surface area contributed by atoms with Gasteiger partial charge in [-0.2, -0.15) is 0 Å². The fourth-order valence-corrected chi connectivity index (χ4v) is 2.05. The Kier molecular flexibility index (Phi) is 3.54. The minimum atomic E-state index is -0.296. The van der Waals surface area contributed by atoms with E-state index in [1.165, 1.54) is 6.07 Å². The number of hydrogen-bond donors (Lipinski definition) is 1. The fraction of sp³-hybridized carbons (Fsp3) is 0.273. The molecule has 0 radical (unpaired) electrons.